The number of amides is 1. The summed E-state index contributed by atoms with van der Waals surface area (Å²) in [4.78, 5) is 11.5. The highest BCUT2D eigenvalue weighted by atomic mass is 32.2. The van der Waals surface area contributed by atoms with E-state index in [2.05, 4.69) is 25.7 Å². The van der Waals surface area contributed by atoms with Gasteiger partial charge in [0.2, 0.25) is 11.0 Å². The molecule has 0 aliphatic carbocycles. The van der Waals surface area contributed by atoms with Crippen molar-refractivity contribution in [2.75, 3.05) is 11.1 Å². The molecule has 6 nitrogen and oxygen atoms in total. The maximum Gasteiger partial charge on any atom is 0.236 e. The first-order chi connectivity index (χ1) is 7.74. The van der Waals surface area contributed by atoms with E-state index < -0.39 is 0 Å². The first-order valence-corrected chi connectivity index (χ1v) is 6.91. The summed E-state index contributed by atoms with van der Waals surface area (Å²) < 4.78 is 0.781. The van der Waals surface area contributed by atoms with Crippen LogP contribution in [0.3, 0.4) is 0 Å². The summed E-state index contributed by atoms with van der Waals surface area (Å²) in [6.07, 6.45) is 0. The van der Waals surface area contributed by atoms with Gasteiger partial charge in [0.15, 0.2) is 4.34 Å². The number of nitrogens with zero attached hydrogens (tertiary/aromatic N) is 4. The lowest BCUT2D eigenvalue weighted by Crippen LogP contribution is -2.13. The molecule has 0 aliphatic heterocycles. The number of hydrogen-bond acceptors (Lipinski definition) is 8. The van der Waals surface area contributed by atoms with Crippen LogP contribution in [-0.4, -0.2) is 32.1 Å². The van der Waals surface area contributed by atoms with Gasteiger partial charge in [-0.2, -0.15) is 0 Å². The van der Waals surface area contributed by atoms with Crippen LogP contribution in [0.25, 0.3) is 0 Å². The SMILES string of the molecule is Cc1nnc(NC(=O)CSc2nncs2)s1. The van der Waals surface area contributed by atoms with Crippen LogP contribution in [0, 0.1) is 6.92 Å². The predicted molar refractivity (Wildman–Crippen MR) is 63.9 cm³/mol. The average molecular weight is 273 g/mol. The van der Waals surface area contributed by atoms with Gasteiger partial charge in [-0.1, -0.05) is 34.4 Å². The normalized spacial score (nSPS) is 10.3. The van der Waals surface area contributed by atoms with Gasteiger partial charge in [0.25, 0.3) is 0 Å². The molecule has 0 radical (unpaired) electrons. The van der Waals surface area contributed by atoms with Gasteiger partial charge >= 0.3 is 0 Å². The fourth-order valence-electron chi connectivity index (χ4n) is 0.856. The van der Waals surface area contributed by atoms with Crippen LogP contribution in [0.5, 0.6) is 0 Å². The summed E-state index contributed by atoms with van der Waals surface area (Å²) in [5, 5.41) is 19.1. The van der Waals surface area contributed by atoms with Crippen molar-refractivity contribution in [1.82, 2.24) is 20.4 Å². The van der Waals surface area contributed by atoms with Crippen molar-refractivity contribution in [2.45, 2.75) is 11.3 Å². The van der Waals surface area contributed by atoms with E-state index in [1.165, 1.54) is 34.4 Å². The number of thioether (sulfide) groups is 1. The Morgan fingerprint density at radius 2 is 2.38 bits per heavy atom. The lowest BCUT2D eigenvalue weighted by Gasteiger charge is -1.97. The van der Waals surface area contributed by atoms with Gasteiger partial charge in [-0.25, -0.2) is 0 Å². The first-order valence-electron chi connectivity index (χ1n) is 4.23. The van der Waals surface area contributed by atoms with E-state index in [1.807, 2.05) is 6.92 Å². The van der Waals surface area contributed by atoms with Gasteiger partial charge in [0.05, 0.1) is 5.75 Å². The molecule has 0 atom stereocenters. The molecular weight excluding hydrogens is 266 g/mol. The molecule has 0 fully saturated rings. The molecule has 2 heterocycles. The maximum atomic E-state index is 11.5. The molecule has 1 amide bonds. The summed E-state index contributed by atoms with van der Waals surface area (Å²) in [6, 6.07) is 0. The zero-order valence-electron chi connectivity index (χ0n) is 8.21. The van der Waals surface area contributed by atoms with E-state index in [9.17, 15) is 4.79 Å². The van der Waals surface area contributed by atoms with Crippen molar-refractivity contribution in [3.05, 3.63) is 10.5 Å². The average Bonchev–Trinajstić information content (AvgIpc) is 2.87. The molecule has 0 aliphatic rings. The van der Waals surface area contributed by atoms with E-state index in [-0.39, 0.29) is 5.91 Å². The zero-order chi connectivity index (χ0) is 11.4. The molecule has 0 spiro atoms. The summed E-state index contributed by atoms with van der Waals surface area (Å²) in [5.41, 5.74) is 1.63. The highest BCUT2D eigenvalue weighted by Gasteiger charge is 2.08. The molecule has 0 saturated carbocycles. The van der Waals surface area contributed by atoms with Crippen LogP contribution in [0.15, 0.2) is 9.85 Å². The number of nitrogens with one attached hydrogen (secondary N) is 1. The molecule has 1 N–H and O–H groups in total. The largest absolute Gasteiger partial charge is 0.300 e. The number of anilines is 1. The third kappa shape index (κ3) is 3.22. The summed E-state index contributed by atoms with van der Waals surface area (Å²) in [6.45, 7) is 1.84. The molecule has 9 heteroatoms. The van der Waals surface area contributed by atoms with E-state index >= 15 is 0 Å². The minimum Gasteiger partial charge on any atom is -0.300 e. The molecule has 2 aromatic heterocycles. The number of aromatic nitrogens is 4. The number of carbonyl (C=O) groups excluding carboxylic acids is 1. The molecular formula is C7H7N5OS3. The molecule has 16 heavy (non-hydrogen) atoms. The fraction of sp³-hybridized carbons (Fsp3) is 0.286. The van der Waals surface area contributed by atoms with Gasteiger partial charge < -0.3 is 0 Å². The van der Waals surface area contributed by atoms with E-state index in [4.69, 9.17) is 0 Å². The molecule has 2 rings (SSSR count). The Balaban J connectivity index is 1.81. The van der Waals surface area contributed by atoms with Gasteiger partial charge in [0, 0.05) is 0 Å². The summed E-state index contributed by atoms with van der Waals surface area (Å²) >= 11 is 4.11. The smallest absolute Gasteiger partial charge is 0.236 e. The Hall–Kier alpha value is -1.06. The maximum absolute atomic E-state index is 11.5. The Bertz CT molecular complexity index is 468. The first kappa shape index (κ1) is 11.4. The standard InChI is InChI=1S/C7H7N5OS3/c1-4-10-11-6(16-4)9-5(13)2-14-7-12-8-3-15-7/h3H,2H2,1H3,(H,9,11,13). The number of aryl methyl sites for hydroxylation is 1. The topological polar surface area (TPSA) is 80.7 Å². The van der Waals surface area contributed by atoms with Crippen molar-refractivity contribution in [2.24, 2.45) is 0 Å². The minimum absolute atomic E-state index is 0.114. The molecule has 84 valence electrons. The lowest BCUT2D eigenvalue weighted by molar-refractivity contribution is -0.113. The van der Waals surface area contributed by atoms with Crippen LogP contribution >= 0.6 is 34.4 Å². The monoisotopic (exact) mass is 273 g/mol. The van der Waals surface area contributed by atoms with Gasteiger partial charge in [-0.3, -0.25) is 10.1 Å². The number of carbonyl (C=O) groups is 1. The van der Waals surface area contributed by atoms with Crippen molar-refractivity contribution in [1.29, 1.82) is 0 Å². The quantitative estimate of drug-likeness (QED) is 0.849. The fourth-order valence-corrected chi connectivity index (χ4v) is 2.75. The van der Waals surface area contributed by atoms with Crippen molar-refractivity contribution < 1.29 is 4.79 Å². The Labute approximate surface area is 104 Å². The lowest BCUT2D eigenvalue weighted by atomic mass is 10.7. The summed E-state index contributed by atoms with van der Waals surface area (Å²) in [5.74, 6) is 0.185. The minimum atomic E-state index is -0.114. The van der Waals surface area contributed by atoms with Crippen LogP contribution in [-0.2, 0) is 4.79 Å². The summed E-state index contributed by atoms with van der Waals surface area (Å²) in [7, 11) is 0. The van der Waals surface area contributed by atoms with Crippen LogP contribution in [0.2, 0.25) is 0 Å². The van der Waals surface area contributed by atoms with Crippen LogP contribution < -0.4 is 5.32 Å². The number of hydrogen-bond donors (Lipinski definition) is 1. The molecule has 0 bridgehead atoms. The second kappa shape index (κ2) is 5.32. The molecule has 0 aromatic carbocycles. The molecule has 2 aromatic rings. The molecule has 0 unspecified atom stereocenters. The zero-order valence-corrected chi connectivity index (χ0v) is 10.7. The predicted octanol–water partition coefficient (Wildman–Crippen LogP) is 1.43. The van der Waals surface area contributed by atoms with Crippen molar-refractivity contribution >= 4 is 45.5 Å². The van der Waals surface area contributed by atoms with E-state index in [0.29, 0.717) is 10.9 Å². The van der Waals surface area contributed by atoms with Gasteiger partial charge in [-0.05, 0) is 6.92 Å². The number of rotatable bonds is 4. The van der Waals surface area contributed by atoms with Gasteiger partial charge in [0.1, 0.15) is 10.5 Å². The van der Waals surface area contributed by atoms with Crippen molar-refractivity contribution in [3.63, 3.8) is 0 Å². The highest BCUT2D eigenvalue weighted by Crippen LogP contribution is 2.19. The third-order valence-electron chi connectivity index (χ3n) is 1.44. The second-order valence-corrected chi connectivity index (χ2v) is 5.91. The Kier molecular flexibility index (Phi) is 3.80. The Morgan fingerprint density at radius 3 is 3.00 bits per heavy atom. The van der Waals surface area contributed by atoms with Crippen LogP contribution in [0.4, 0.5) is 5.13 Å². The van der Waals surface area contributed by atoms with Gasteiger partial charge in [-0.15, -0.1) is 20.4 Å². The Morgan fingerprint density at radius 1 is 1.50 bits per heavy atom. The molecule has 0 saturated heterocycles. The van der Waals surface area contributed by atoms with E-state index in [1.54, 1.807) is 5.51 Å². The van der Waals surface area contributed by atoms with Crippen LogP contribution in [0.1, 0.15) is 5.01 Å². The third-order valence-corrected chi connectivity index (χ3v) is 4.05. The van der Waals surface area contributed by atoms with Crippen molar-refractivity contribution in [3.8, 4) is 0 Å². The second-order valence-electron chi connectivity index (χ2n) is 2.67. The highest BCUT2D eigenvalue weighted by molar-refractivity contribution is 8.01. The van der Waals surface area contributed by atoms with E-state index in [0.717, 1.165) is 9.35 Å².